The number of hydrogen-bond donors (Lipinski definition) is 1. The first-order valence-corrected chi connectivity index (χ1v) is 8.92. The molecule has 2 aliphatic heterocycles. The smallest absolute Gasteiger partial charge is 0.410 e. The van der Waals surface area contributed by atoms with Crippen LogP contribution < -0.4 is 4.90 Å². The summed E-state index contributed by atoms with van der Waals surface area (Å²) in [7, 11) is 0. The molecule has 0 aliphatic carbocycles. The van der Waals surface area contributed by atoms with Gasteiger partial charge in [0.2, 0.25) is 0 Å². The number of H-pyrrole nitrogens is 1. The van der Waals surface area contributed by atoms with Gasteiger partial charge in [-0.15, -0.1) is 0 Å². The van der Waals surface area contributed by atoms with E-state index in [0.29, 0.717) is 0 Å². The van der Waals surface area contributed by atoms with E-state index < -0.39 is 5.60 Å². The van der Waals surface area contributed by atoms with E-state index in [4.69, 9.17) is 4.74 Å². The fourth-order valence-electron chi connectivity index (χ4n) is 4.11. The Morgan fingerprint density at radius 3 is 2.92 bits per heavy atom. The van der Waals surface area contributed by atoms with E-state index >= 15 is 0 Å². The molecule has 4 heterocycles. The average Bonchev–Trinajstić information content (AvgIpc) is 3.25. The first-order valence-electron chi connectivity index (χ1n) is 8.92. The van der Waals surface area contributed by atoms with Crippen LogP contribution in [0, 0.1) is 0 Å². The van der Waals surface area contributed by atoms with Gasteiger partial charge in [-0.3, -0.25) is 0 Å². The lowest BCUT2D eigenvalue weighted by Crippen LogP contribution is -2.50. The molecule has 1 N–H and O–H groups in total. The van der Waals surface area contributed by atoms with E-state index in [2.05, 4.69) is 19.9 Å². The zero-order chi connectivity index (χ0) is 17.7. The highest BCUT2D eigenvalue weighted by molar-refractivity contribution is 5.87. The molecule has 2 fully saturated rings. The monoisotopic (exact) mass is 343 g/mol. The van der Waals surface area contributed by atoms with Gasteiger partial charge in [-0.25, -0.2) is 14.8 Å². The molecule has 0 saturated carbocycles. The van der Waals surface area contributed by atoms with Gasteiger partial charge in [0.1, 0.15) is 23.4 Å². The normalized spacial score (nSPS) is 23.8. The second kappa shape index (κ2) is 5.61. The van der Waals surface area contributed by atoms with Crippen LogP contribution in [0.15, 0.2) is 18.6 Å². The summed E-state index contributed by atoms with van der Waals surface area (Å²) in [4.78, 5) is 28.8. The van der Waals surface area contributed by atoms with Crippen molar-refractivity contribution in [2.45, 2.75) is 51.2 Å². The van der Waals surface area contributed by atoms with Crippen molar-refractivity contribution in [3.8, 4) is 0 Å². The summed E-state index contributed by atoms with van der Waals surface area (Å²) in [5.74, 6) is 0.944. The molecule has 2 saturated heterocycles. The number of amides is 1. The first-order chi connectivity index (χ1) is 11.9. The van der Waals surface area contributed by atoms with Gasteiger partial charge in [0, 0.05) is 25.8 Å². The number of ether oxygens (including phenoxy) is 1. The van der Waals surface area contributed by atoms with Crippen LogP contribution in [0.4, 0.5) is 10.6 Å². The second-order valence-electron chi connectivity index (χ2n) is 8.07. The lowest BCUT2D eigenvalue weighted by molar-refractivity contribution is 0.0111. The Morgan fingerprint density at radius 1 is 1.28 bits per heavy atom. The van der Waals surface area contributed by atoms with Gasteiger partial charge in [0.05, 0.1) is 10.9 Å². The number of anilines is 1. The molecular weight excluding hydrogens is 318 g/mol. The molecule has 1 spiro atoms. The molecule has 0 aromatic carbocycles. The van der Waals surface area contributed by atoms with Crippen LogP contribution >= 0.6 is 0 Å². The Balaban J connectivity index is 1.58. The lowest BCUT2D eigenvalue weighted by atomic mass is 9.95. The Hall–Kier alpha value is -2.31. The summed E-state index contributed by atoms with van der Waals surface area (Å²) in [6.07, 6.45) is 6.28. The summed E-state index contributed by atoms with van der Waals surface area (Å²) in [5.41, 5.74) is 0.236. The number of carbonyl (C=O) groups excluding carboxylic acids is 1. The fourth-order valence-corrected chi connectivity index (χ4v) is 4.11. The van der Waals surface area contributed by atoms with Crippen LogP contribution in [0.5, 0.6) is 0 Å². The summed E-state index contributed by atoms with van der Waals surface area (Å²) >= 11 is 0. The highest BCUT2D eigenvalue weighted by Crippen LogP contribution is 2.40. The highest BCUT2D eigenvalue weighted by atomic mass is 16.6. The minimum absolute atomic E-state index is 0.143. The zero-order valence-electron chi connectivity index (χ0n) is 15.1. The topological polar surface area (TPSA) is 74.3 Å². The maximum Gasteiger partial charge on any atom is 0.410 e. The summed E-state index contributed by atoms with van der Waals surface area (Å²) in [5, 5.41) is 1.03. The number of carbonyl (C=O) groups is 1. The molecular formula is C18H25N5O2. The van der Waals surface area contributed by atoms with Crippen LogP contribution in [0.25, 0.3) is 11.0 Å². The van der Waals surface area contributed by atoms with Crippen molar-refractivity contribution in [2.75, 3.05) is 24.5 Å². The molecule has 25 heavy (non-hydrogen) atoms. The summed E-state index contributed by atoms with van der Waals surface area (Å²) in [6, 6.07) is 2.01. The van der Waals surface area contributed by atoms with Crippen LogP contribution in [0.2, 0.25) is 0 Å². The predicted molar refractivity (Wildman–Crippen MR) is 95.6 cm³/mol. The average molecular weight is 343 g/mol. The molecule has 2 aliphatic rings. The summed E-state index contributed by atoms with van der Waals surface area (Å²) < 4.78 is 5.65. The SMILES string of the molecule is CC(C)(C)OC(=O)N1CCCC12CCN(c1ncnc3[nH]ccc13)C2. The summed E-state index contributed by atoms with van der Waals surface area (Å²) in [6.45, 7) is 8.20. The third-order valence-corrected chi connectivity index (χ3v) is 5.18. The number of aromatic amines is 1. The van der Waals surface area contributed by atoms with Crippen molar-refractivity contribution in [3.05, 3.63) is 18.6 Å². The number of likely N-dealkylation sites (tertiary alicyclic amines) is 1. The van der Waals surface area contributed by atoms with E-state index in [1.165, 1.54) is 0 Å². The Labute approximate surface area is 147 Å². The number of aromatic nitrogens is 3. The molecule has 7 heteroatoms. The molecule has 7 nitrogen and oxygen atoms in total. The Kier molecular flexibility index (Phi) is 3.63. The Morgan fingerprint density at radius 2 is 2.12 bits per heavy atom. The predicted octanol–water partition coefficient (Wildman–Crippen LogP) is 2.94. The van der Waals surface area contributed by atoms with E-state index in [0.717, 1.165) is 55.7 Å². The molecule has 1 atom stereocenters. The van der Waals surface area contributed by atoms with Crippen LogP contribution in [0.3, 0.4) is 0 Å². The van der Waals surface area contributed by atoms with Gasteiger partial charge in [0.15, 0.2) is 0 Å². The van der Waals surface area contributed by atoms with Crippen LogP contribution in [-0.4, -0.2) is 56.7 Å². The van der Waals surface area contributed by atoms with E-state index in [-0.39, 0.29) is 11.6 Å². The molecule has 134 valence electrons. The lowest BCUT2D eigenvalue weighted by Gasteiger charge is -2.36. The van der Waals surface area contributed by atoms with Crippen LogP contribution in [-0.2, 0) is 4.74 Å². The van der Waals surface area contributed by atoms with Crippen molar-refractivity contribution in [1.29, 1.82) is 0 Å². The van der Waals surface area contributed by atoms with Gasteiger partial charge in [-0.2, -0.15) is 0 Å². The van der Waals surface area contributed by atoms with E-state index in [9.17, 15) is 4.79 Å². The molecule has 2 aromatic heterocycles. The molecule has 0 bridgehead atoms. The highest BCUT2D eigenvalue weighted by Gasteiger charge is 2.49. The minimum Gasteiger partial charge on any atom is -0.444 e. The number of fused-ring (bicyclic) bond motifs is 1. The quantitative estimate of drug-likeness (QED) is 0.862. The number of nitrogens with one attached hydrogen (secondary N) is 1. The maximum atomic E-state index is 12.7. The van der Waals surface area contributed by atoms with Crippen molar-refractivity contribution in [1.82, 2.24) is 19.9 Å². The van der Waals surface area contributed by atoms with Crippen molar-refractivity contribution in [2.24, 2.45) is 0 Å². The third kappa shape index (κ3) is 2.81. The third-order valence-electron chi connectivity index (χ3n) is 5.18. The number of rotatable bonds is 1. The van der Waals surface area contributed by atoms with Gasteiger partial charge in [0.25, 0.3) is 0 Å². The van der Waals surface area contributed by atoms with E-state index in [1.54, 1.807) is 6.33 Å². The molecule has 1 amide bonds. The minimum atomic E-state index is -0.469. The molecule has 2 aromatic rings. The number of hydrogen-bond acceptors (Lipinski definition) is 5. The van der Waals surface area contributed by atoms with E-state index in [1.807, 2.05) is 37.9 Å². The van der Waals surface area contributed by atoms with Gasteiger partial charge >= 0.3 is 6.09 Å². The van der Waals surface area contributed by atoms with Crippen molar-refractivity contribution >= 4 is 22.9 Å². The Bertz CT molecular complexity index is 796. The van der Waals surface area contributed by atoms with Gasteiger partial charge < -0.3 is 19.5 Å². The van der Waals surface area contributed by atoms with Gasteiger partial charge in [-0.1, -0.05) is 0 Å². The largest absolute Gasteiger partial charge is 0.444 e. The fraction of sp³-hybridized carbons (Fsp3) is 0.611. The van der Waals surface area contributed by atoms with Gasteiger partial charge in [-0.05, 0) is 46.1 Å². The zero-order valence-corrected chi connectivity index (χ0v) is 15.1. The molecule has 4 rings (SSSR count). The number of nitrogens with zero attached hydrogens (tertiary/aromatic N) is 4. The van der Waals surface area contributed by atoms with Crippen molar-refractivity contribution in [3.63, 3.8) is 0 Å². The molecule has 0 radical (unpaired) electrons. The maximum absolute atomic E-state index is 12.7. The standard InChI is InChI=1S/C18H25N5O2/c1-17(2,3)25-16(24)23-9-4-6-18(23)7-10-22(11-18)15-13-5-8-19-14(13)20-12-21-15/h5,8,12H,4,6-7,9-11H2,1-3H3,(H,19,20,21). The van der Waals surface area contributed by atoms with Crippen molar-refractivity contribution < 1.29 is 9.53 Å². The van der Waals surface area contributed by atoms with Crippen LogP contribution in [0.1, 0.15) is 40.0 Å². The first kappa shape index (κ1) is 16.2. The second-order valence-corrected chi connectivity index (χ2v) is 8.07. The molecule has 1 unspecified atom stereocenters.